The van der Waals surface area contributed by atoms with Gasteiger partial charge in [-0.05, 0) is 49.3 Å². The van der Waals surface area contributed by atoms with E-state index in [0.717, 1.165) is 16.3 Å². The van der Waals surface area contributed by atoms with Crippen molar-refractivity contribution in [3.05, 3.63) is 34.3 Å². The minimum Gasteiger partial charge on any atom is -0.307 e. The Balaban J connectivity index is 2.66. The van der Waals surface area contributed by atoms with Crippen LogP contribution in [0.4, 0.5) is 0 Å². The van der Waals surface area contributed by atoms with Gasteiger partial charge >= 0.3 is 0 Å². The lowest BCUT2D eigenvalue weighted by molar-refractivity contribution is 0.335. The minimum absolute atomic E-state index is 0.403. The Morgan fingerprint density at radius 2 is 1.58 bits per heavy atom. The Labute approximate surface area is 127 Å². The Bertz CT molecular complexity index is 363. The van der Waals surface area contributed by atoms with E-state index < -0.39 is 0 Å². The zero-order valence-corrected chi connectivity index (χ0v) is 14.5. The van der Waals surface area contributed by atoms with E-state index in [0.29, 0.717) is 12.1 Å². The average molecular weight is 326 g/mol. The first kappa shape index (κ1) is 16.7. The van der Waals surface area contributed by atoms with Gasteiger partial charge in [-0.25, -0.2) is 0 Å². The molecule has 19 heavy (non-hydrogen) atoms. The molecule has 108 valence electrons. The van der Waals surface area contributed by atoms with Crippen molar-refractivity contribution in [2.75, 3.05) is 0 Å². The van der Waals surface area contributed by atoms with E-state index in [4.69, 9.17) is 0 Å². The van der Waals surface area contributed by atoms with Crippen molar-refractivity contribution in [2.24, 2.45) is 11.8 Å². The third kappa shape index (κ3) is 6.58. The number of hydrogen-bond donors (Lipinski definition) is 1. The number of halogens is 1. The first-order chi connectivity index (χ1) is 8.88. The van der Waals surface area contributed by atoms with Crippen molar-refractivity contribution in [3.8, 4) is 0 Å². The fourth-order valence-electron chi connectivity index (χ4n) is 2.60. The summed E-state index contributed by atoms with van der Waals surface area (Å²) in [6, 6.07) is 9.60. The van der Waals surface area contributed by atoms with E-state index in [9.17, 15) is 0 Å². The summed E-state index contributed by atoms with van der Waals surface area (Å²) in [7, 11) is 0. The molecule has 0 heterocycles. The van der Waals surface area contributed by atoms with Crippen LogP contribution in [0.2, 0.25) is 0 Å². The fraction of sp³-hybridized carbons (Fsp3) is 0.647. The highest BCUT2D eigenvalue weighted by Crippen LogP contribution is 2.21. The molecule has 0 saturated heterocycles. The number of nitrogens with one attached hydrogen (secondary N) is 1. The quantitative estimate of drug-likeness (QED) is 0.691. The predicted molar refractivity (Wildman–Crippen MR) is 88.4 cm³/mol. The largest absolute Gasteiger partial charge is 0.307 e. The molecule has 0 aliphatic heterocycles. The highest BCUT2D eigenvalue weighted by Gasteiger charge is 2.16. The molecule has 0 aliphatic carbocycles. The fourth-order valence-corrected chi connectivity index (χ4v) is 3.01. The summed E-state index contributed by atoms with van der Waals surface area (Å²) in [6.07, 6.45) is 2.49. The molecule has 0 amide bonds. The van der Waals surface area contributed by atoms with Gasteiger partial charge in [0.05, 0.1) is 0 Å². The summed E-state index contributed by atoms with van der Waals surface area (Å²) in [5.74, 6) is 1.48. The molecule has 0 unspecified atom stereocenters. The zero-order valence-electron chi connectivity index (χ0n) is 12.9. The SMILES string of the molecule is CC(C)CC(CC(C)C)N[C@@H](C)c1cccc(Br)c1. The van der Waals surface area contributed by atoms with Crippen molar-refractivity contribution >= 4 is 15.9 Å². The third-order valence-electron chi connectivity index (χ3n) is 3.35. The minimum atomic E-state index is 0.403. The van der Waals surface area contributed by atoms with Crippen LogP contribution < -0.4 is 5.32 Å². The summed E-state index contributed by atoms with van der Waals surface area (Å²) in [6.45, 7) is 11.5. The standard InChI is InChI=1S/C17H28BrN/c1-12(2)9-17(10-13(3)4)19-14(5)15-7-6-8-16(18)11-15/h6-8,11-14,17,19H,9-10H2,1-5H3/t14-/m0/s1. The van der Waals surface area contributed by atoms with Crippen molar-refractivity contribution in [1.82, 2.24) is 5.32 Å². The molecule has 1 atom stereocenters. The normalized spacial score (nSPS) is 13.5. The molecule has 1 aromatic rings. The molecule has 1 N–H and O–H groups in total. The van der Waals surface area contributed by atoms with Gasteiger partial charge < -0.3 is 5.32 Å². The second kappa shape index (κ2) is 8.06. The monoisotopic (exact) mass is 325 g/mol. The van der Waals surface area contributed by atoms with Gasteiger partial charge in [-0.15, -0.1) is 0 Å². The molecular formula is C17H28BrN. The molecule has 0 bridgehead atoms. The zero-order chi connectivity index (χ0) is 14.4. The molecule has 0 saturated carbocycles. The van der Waals surface area contributed by atoms with Gasteiger partial charge in [0.15, 0.2) is 0 Å². The predicted octanol–water partition coefficient (Wildman–Crippen LogP) is 5.56. The van der Waals surface area contributed by atoms with Gasteiger partial charge in [0, 0.05) is 16.6 Å². The maximum absolute atomic E-state index is 3.80. The van der Waals surface area contributed by atoms with Gasteiger partial charge in [0.2, 0.25) is 0 Å². The Kier molecular flexibility index (Phi) is 7.09. The van der Waals surface area contributed by atoms with Crippen LogP contribution in [0, 0.1) is 11.8 Å². The molecular weight excluding hydrogens is 298 g/mol. The lowest BCUT2D eigenvalue weighted by atomic mass is 9.94. The van der Waals surface area contributed by atoms with E-state index in [-0.39, 0.29) is 0 Å². The lowest BCUT2D eigenvalue weighted by Gasteiger charge is -2.26. The van der Waals surface area contributed by atoms with Gasteiger partial charge in [0.25, 0.3) is 0 Å². The van der Waals surface area contributed by atoms with Crippen molar-refractivity contribution in [2.45, 2.75) is 59.5 Å². The van der Waals surface area contributed by atoms with E-state index in [2.05, 4.69) is 80.1 Å². The van der Waals surface area contributed by atoms with E-state index in [1.54, 1.807) is 0 Å². The molecule has 0 radical (unpaired) electrons. The molecule has 1 rings (SSSR count). The Morgan fingerprint density at radius 1 is 1.00 bits per heavy atom. The molecule has 0 aromatic heterocycles. The summed E-state index contributed by atoms with van der Waals surface area (Å²) in [5, 5.41) is 3.80. The summed E-state index contributed by atoms with van der Waals surface area (Å²) >= 11 is 3.55. The smallest absolute Gasteiger partial charge is 0.0294 e. The Hall–Kier alpha value is -0.340. The van der Waals surface area contributed by atoms with Gasteiger partial charge in [0.1, 0.15) is 0 Å². The number of hydrogen-bond acceptors (Lipinski definition) is 1. The molecule has 2 heteroatoms. The first-order valence-corrected chi connectivity index (χ1v) is 8.19. The molecule has 0 spiro atoms. The highest BCUT2D eigenvalue weighted by atomic mass is 79.9. The summed E-state index contributed by atoms with van der Waals surface area (Å²) < 4.78 is 1.16. The summed E-state index contributed by atoms with van der Waals surface area (Å²) in [5.41, 5.74) is 1.35. The van der Waals surface area contributed by atoms with Crippen LogP contribution in [0.15, 0.2) is 28.7 Å². The van der Waals surface area contributed by atoms with Crippen molar-refractivity contribution in [3.63, 3.8) is 0 Å². The van der Waals surface area contributed by atoms with E-state index in [1.807, 2.05) is 0 Å². The second-order valence-electron chi connectivity index (χ2n) is 6.40. The molecule has 1 aromatic carbocycles. The second-order valence-corrected chi connectivity index (χ2v) is 7.32. The van der Waals surface area contributed by atoms with Crippen molar-refractivity contribution < 1.29 is 0 Å². The van der Waals surface area contributed by atoms with Gasteiger partial charge in [-0.2, -0.15) is 0 Å². The molecule has 1 nitrogen and oxygen atoms in total. The molecule has 0 aliphatic rings. The van der Waals surface area contributed by atoms with E-state index >= 15 is 0 Å². The van der Waals surface area contributed by atoms with Crippen LogP contribution in [0.1, 0.15) is 59.1 Å². The summed E-state index contributed by atoms with van der Waals surface area (Å²) in [4.78, 5) is 0. The van der Waals surface area contributed by atoms with Crippen LogP contribution in [0.25, 0.3) is 0 Å². The maximum atomic E-state index is 3.80. The van der Waals surface area contributed by atoms with E-state index in [1.165, 1.54) is 18.4 Å². The third-order valence-corrected chi connectivity index (χ3v) is 3.84. The van der Waals surface area contributed by atoms with Crippen LogP contribution >= 0.6 is 15.9 Å². The van der Waals surface area contributed by atoms with Gasteiger partial charge in [-0.1, -0.05) is 55.8 Å². The number of rotatable bonds is 7. The van der Waals surface area contributed by atoms with Crippen molar-refractivity contribution in [1.29, 1.82) is 0 Å². The lowest BCUT2D eigenvalue weighted by Crippen LogP contribution is -2.34. The topological polar surface area (TPSA) is 12.0 Å². The van der Waals surface area contributed by atoms with Crippen LogP contribution in [-0.2, 0) is 0 Å². The highest BCUT2D eigenvalue weighted by molar-refractivity contribution is 9.10. The Morgan fingerprint density at radius 3 is 2.05 bits per heavy atom. The van der Waals surface area contributed by atoms with Crippen LogP contribution in [0.5, 0.6) is 0 Å². The van der Waals surface area contributed by atoms with Crippen LogP contribution in [0.3, 0.4) is 0 Å². The maximum Gasteiger partial charge on any atom is 0.0294 e. The average Bonchev–Trinajstić information content (AvgIpc) is 2.26. The van der Waals surface area contributed by atoms with Crippen LogP contribution in [-0.4, -0.2) is 6.04 Å². The molecule has 0 fully saturated rings. The number of benzene rings is 1. The first-order valence-electron chi connectivity index (χ1n) is 7.40. The van der Waals surface area contributed by atoms with Gasteiger partial charge in [-0.3, -0.25) is 0 Å².